The van der Waals surface area contributed by atoms with E-state index < -0.39 is 17.5 Å². The van der Waals surface area contributed by atoms with Gasteiger partial charge in [0.25, 0.3) is 5.56 Å². The normalized spacial score (nSPS) is 20.2. The van der Waals surface area contributed by atoms with Gasteiger partial charge in [0.15, 0.2) is 0 Å². The molecule has 0 aliphatic heterocycles. The molecule has 0 aromatic carbocycles. The summed E-state index contributed by atoms with van der Waals surface area (Å²) in [6.07, 6.45) is 7.22. The van der Waals surface area contributed by atoms with Crippen molar-refractivity contribution in [1.29, 1.82) is 0 Å². The standard InChI is InChI=1S/C17H21N5O3/c1-11-5-2-3-7-13(11)20-17(25)21-14(23)10-22-16(24)15-12(9-19-22)6-4-8-18-15/h4,6,8-9,11,13H,2-3,5,7,10H2,1H3,(H2,20,21,23,25). The van der Waals surface area contributed by atoms with Crippen LogP contribution in [0.3, 0.4) is 0 Å². The van der Waals surface area contributed by atoms with Crippen LogP contribution in [0.4, 0.5) is 4.79 Å². The predicted molar refractivity (Wildman–Crippen MR) is 91.9 cm³/mol. The molecule has 2 aromatic rings. The van der Waals surface area contributed by atoms with Crippen molar-refractivity contribution in [3.05, 3.63) is 34.9 Å². The Hall–Kier alpha value is -2.77. The predicted octanol–water partition coefficient (Wildman–Crippen LogP) is 1.20. The Labute approximate surface area is 144 Å². The number of nitrogens with zero attached hydrogens (tertiary/aromatic N) is 3. The number of hydrogen-bond acceptors (Lipinski definition) is 5. The zero-order valence-corrected chi connectivity index (χ0v) is 14.1. The Morgan fingerprint density at radius 2 is 2.12 bits per heavy atom. The minimum Gasteiger partial charge on any atom is -0.335 e. The first-order chi connectivity index (χ1) is 12.0. The van der Waals surface area contributed by atoms with Crippen molar-refractivity contribution in [2.75, 3.05) is 0 Å². The smallest absolute Gasteiger partial charge is 0.321 e. The number of nitrogens with one attached hydrogen (secondary N) is 2. The van der Waals surface area contributed by atoms with Gasteiger partial charge in [0.1, 0.15) is 12.1 Å². The summed E-state index contributed by atoms with van der Waals surface area (Å²) in [6.45, 7) is 1.76. The fourth-order valence-corrected chi connectivity index (χ4v) is 3.16. The van der Waals surface area contributed by atoms with Crippen molar-refractivity contribution in [3.8, 4) is 0 Å². The number of fused-ring (bicyclic) bond motifs is 1. The van der Waals surface area contributed by atoms with Crippen LogP contribution >= 0.6 is 0 Å². The van der Waals surface area contributed by atoms with Crippen LogP contribution in [0.1, 0.15) is 32.6 Å². The average Bonchev–Trinajstić information content (AvgIpc) is 2.59. The molecule has 1 aliphatic carbocycles. The first-order valence-corrected chi connectivity index (χ1v) is 8.46. The van der Waals surface area contributed by atoms with Gasteiger partial charge in [-0.1, -0.05) is 19.8 Å². The molecule has 8 nitrogen and oxygen atoms in total. The highest BCUT2D eigenvalue weighted by Crippen LogP contribution is 2.23. The van der Waals surface area contributed by atoms with Crippen LogP contribution in [0.15, 0.2) is 29.3 Å². The number of urea groups is 1. The zero-order valence-electron chi connectivity index (χ0n) is 14.1. The topological polar surface area (TPSA) is 106 Å². The molecule has 25 heavy (non-hydrogen) atoms. The van der Waals surface area contributed by atoms with Gasteiger partial charge in [-0.15, -0.1) is 0 Å². The first kappa shape index (κ1) is 17.1. The summed E-state index contributed by atoms with van der Waals surface area (Å²) < 4.78 is 1.00. The number of carbonyl (C=O) groups is 2. The van der Waals surface area contributed by atoms with Gasteiger partial charge in [-0.3, -0.25) is 19.9 Å². The molecule has 2 unspecified atom stereocenters. The maximum atomic E-state index is 12.3. The molecular weight excluding hydrogens is 322 g/mol. The largest absolute Gasteiger partial charge is 0.335 e. The van der Waals surface area contributed by atoms with Crippen molar-refractivity contribution >= 4 is 22.8 Å². The maximum absolute atomic E-state index is 12.3. The Kier molecular flexibility index (Phi) is 5.06. The lowest BCUT2D eigenvalue weighted by Gasteiger charge is -2.29. The van der Waals surface area contributed by atoms with Gasteiger partial charge in [-0.25, -0.2) is 9.48 Å². The molecule has 132 valence electrons. The third kappa shape index (κ3) is 4.01. The summed E-state index contributed by atoms with van der Waals surface area (Å²) in [4.78, 5) is 40.3. The summed E-state index contributed by atoms with van der Waals surface area (Å²) in [5.74, 6) is -0.198. The van der Waals surface area contributed by atoms with E-state index >= 15 is 0 Å². The number of imide groups is 1. The van der Waals surface area contributed by atoms with E-state index in [9.17, 15) is 14.4 Å². The summed E-state index contributed by atoms with van der Waals surface area (Å²) in [6, 6.07) is 2.97. The van der Waals surface area contributed by atoms with E-state index in [0.717, 1.165) is 23.9 Å². The van der Waals surface area contributed by atoms with E-state index in [1.807, 2.05) is 0 Å². The van der Waals surface area contributed by atoms with E-state index in [-0.39, 0.29) is 18.1 Å². The molecule has 8 heteroatoms. The van der Waals surface area contributed by atoms with Crippen LogP contribution in [-0.4, -0.2) is 32.7 Å². The number of carbonyl (C=O) groups excluding carboxylic acids is 2. The number of aromatic nitrogens is 3. The van der Waals surface area contributed by atoms with Crippen molar-refractivity contribution in [3.63, 3.8) is 0 Å². The molecule has 0 saturated heterocycles. The van der Waals surface area contributed by atoms with Gasteiger partial charge in [0, 0.05) is 17.6 Å². The van der Waals surface area contributed by atoms with Gasteiger partial charge in [-0.05, 0) is 30.9 Å². The molecule has 3 rings (SSSR count). The molecule has 3 amide bonds. The summed E-state index contributed by atoms with van der Waals surface area (Å²) in [7, 11) is 0. The van der Waals surface area contributed by atoms with Crippen LogP contribution in [0.25, 0.3) is 10.9 Å². The van der Waals surface area contributed by atoms with Crippen LogP contribution in [0.2, 0.25) is 0 Å². The molecule has 2 heterocycles. The van der Waals surface area contributed by atoms with Gasteiger partial charge in [-0.2, -0.15) is 5.10 Å². The lowest BCUT2D eigenvalue weighted by molar-refractivity contribution is -0.120. The van der Waals surface area contributed by atoms with Crippen molar-refractivity contribution in [2.45, 2.75) is 45.2 Å². The van der Waals surface area contributed by atoms with E-state index in [4.69, 9.17) is 0 Å². The minimum absolute atomic E-state index is 0.0762. The van der Waals surface area contributed by atoms with E-state index in [0.29, 0.717) is 11.3 Å². The molecule has 1 aliphatic rings. The molecule has 1 fully saturated rings. The second-order valence-corrected chi connectivity index (χ2v) is 6.44. The Bertz CT molecular complexity index is 848. The van der Waals surface area contributed by atoms with Crippen LogP contribution in [-0.2, 0) is 11.3 Å². The highest BCUT2D eigenvalue weighted by Gasteiger charge is 2.23. The molecule has 1 saturated carbocycles. The summed E-state index contributed by atoms with van der Waals surface area (Å²) in [5, 5.41) is 9.66. The third-order valence-corrected chi connectivity index (χ3v) is 4.59. The fourth-order valence-electron chi connectivity index (χ4n) is 3.16. The zero-order chi connectivity index (χ0) is 17.8. The van der Waals surface area contributed by atoms with Gasteiger partial charge >= 0.3 is 6.03 Å². The molecule has 0 spiro atoms. The van der Waals surface area contributed by atoms with Crippen molar-refractivity contribution < 1.29 is 9.59 Å². The molecule has 0 radical (unpaired) electrons. The molecule has 2 N–H and O–H groups in total. The fraction of sp³-hybridized carbons (Fsp3) is 0.471. The highest BCUT2D eigenvalue weighted by atomic mass is 16.2. The Balaban J connectivity index is 1.61. The number of pyridine rings is 1. The summed E-state index contributed by atoms with van der Waals surface area (Å²) in [5.41, 5.74) is -0.222. The van der Waals surface area contributed by atoms with E-state index in [2.05, 4.69) is 27.6 Å². The number of rotatable bonds is 3. The Morgan fingerprint density at radius 3 is 2.92 bits per heavy atom. The SMILES string of the molecule is CC1CCCCC1NC(=O)NC(=O)Cn1ncc2cccnc2c1=O. The second kappa shape index (κ2) is 7.42. The molecule has 2 atom stereocenters. The average molecular weight is 343 g/mol. The van der Waals surface area contributed by atoms with Gasteiger partial charge in [0.05, 0.1) is 6.20 Å². The quantitative estimate of drug-likeness (QED) is 0.871. The number of amides is 3. The van der Waals surface area contributed by atoms with Crippen LogP contribution in [0.5, 0.6) is 0 Å². The minimum atomic E-state index is -0.592. The summed E-state index contributed by atoms with van der Waals surface area (Å²) >= 11 is 0. The van der Waals surface area contributed by atoms with Gasteiger partial charge in [0.2, 0.25) is 5.91 Å². The van der Waals surface area contributed by atoms with Crippen LogP contribution < -0.4 is 16.2 Å². The lowest BCUT2D eigenvalue weighted by Crippen LogP contribution is -2.48. The van der Waals surface area contributed by atoms with Crippen LogP contribution in [0, 0.1) is 5.92 Å². The highest BCUT2D eigenvalue weighted by molar-refractivity contribution is 5.94. The Morgan fingerprint density at radius 1 is 1.32 bits per heavy atom. The van der Waals surface area contributed by atoms with E-state index in [1.165, 1.54) is 18.8 Å². The maximum Gasteiger partial charge on any atom is 0.321 e. The van der Waals surface area contributed by atoms with E-state index in [1.54, 1.807) is 12.1 Å². The third-order valence-electron chi connectivity index (χ3n) is 4.59. The second-order valence-electron chi connectivity index (χ2n) is 6.44. The molecular formula is C17H21N5O3. The van der Waals surface area contributed by atoms with Crippen molar-refractivity contribution in [1.82, 2.24) is 25.4 Å². The lowest BCUT2D eigenvalue weighted by atomic mass is 9.86. The monoisotopic (exact) mass is 343 g/mol. The molecule has 0 bridgehead atoms. The molecule has 2 aromatic heterocycles. The first-order valence-electron chi connectivity index (χ1n) is 8.46. The number of hydrogen-bond donors (Lipinski definition) is 2. The van der Waals surface area contributed by atoms with Crippen molar-refractivity contribution in [2.24, 2.45) is 5.92 Å². The van der Waals surface area contributed by atoms with Gasteiger partial charge < -0.3 is 5.32 Å².